The van der Waals surface area contributed by atoms with Gasteiger partial charge in [0.2, 0.25) is 0 Å². The number of nitrogens with zero attached hydrogens (tertiary/aromatic N) is 3. The molecule has 2 amide bonds. The summed E-state index contributed by atoms with van der Waals surface area (Å²) in [5.41, 5.74) is 5.19. The van der Waals surface area contributed by atoms with Gasteiger partial charge in [0.25, 0.3) is 11.8 Å². The van der Waals surface area contributed by atoms with Crippen molar-refractivity contribution >= 4 is 11.8 Å². The van der Waals surface area contributed by atoms with E-state index in [1.54, 1.807) is 0 Å². The van der Waals surface area contributed by atoms with Gasteiger partial charge in [-0.1, -0.05) is 45.4 Å². The van der Waals surface area contributed by atoms with Crippen LogP contribution in [-0.2, 0) is 18.4 Å². The molecule has 5 heteroatoms. The van der Waals surface area contributed by atoms with Crippen molar-refractivity contribution in [3.63, 3.8) is 0 Å². The topological polar surface area (TPSA) is 43.9 Å². The van der Waals surface area contributed by atoms with Crippen molar-refractivity contribution in [1.82, 2.24) is 14.7 Å². The van der Waals surface area contributed by atoms with Crippen LogP contribution >= 0.6 is 0 Å². The van der Waals surface area contributed by atoms with Crippen molar-refractivity contribution in [3.8, 4) is 0 Å². The molecule has 1 unspecified atom stereocenters. The van der Waals surface area contributed by atoms with Crippen LogP contribution in [0, 0.1) is 0 Å². The van der Waals surface area contributed by atoms with Crippen LogP contribution in [0.5, 0.6) is 0 Å². The molecule has 0 bridgehead atoms. The Morgan fingerprint density at radius 3 is 2.29 bits per heavy atom. The van der Waals surface area contributed by atoms with E-state index >= 15 is 0 Å². The van der Waals surface area contributed by atoms with Gasteiger partial charge in [0.05, 0.1) is 0 Å². The van der Waals surface area contributed by atoms with Crippen LogP contribution in [0.1, 0.15) is 77.4 Å². The lowest BCUT2D eigenvalue weighted by Crippen LogP contribution is -2.56. The number of hydrogen-bond acceptors (Lipinski definition) is 3. The Hall–Kier alpha value is -2.66. The van der Waals surface area contributed by atoms with Crippen molar-refractivity contribution in [2.75, 3.05) is 32.7 Å². The van der Waals surface area contributed by atoms with Crippen LogP contribution < -0.4 is 0 Å². The maximum Gasteiger partial charge on any atom is 0.254 e. The van der Waals surface area contributed by atoms with Gasteiger partial charge in [0.15, 0.2) is 0 Å². The predicted octanol–water partition coefficient (Wildman–Crippen LogP) is 4.49. The first-order valence-corrected chi connectivity index (χ1v) is 12.8. The Labute approximate surface area is 203 Å². The van der Waals surface area contributed by atoms with Crippen LogP contribution in [0.15, 0.2) is 42.5 Å². The molecule has 0 N–H and O–H groups in total. The molecule has 5 rings (SSSR count). The molecule has 34 heavy (non-hydrogen) atoms. The van der Waals surface area contributed by atoms with Gasteiger partial charge in [-0.2, -0.15) is 0 Å². The Morgan fingerprint density at radius 2 is 1.53 bits per heavy atom. The normalized spacial score (nSPS) is 21.1. The first-order valence-electron chi connectivity index (χ1n) is 12.8. The van der Waals surface area contributed by atoms with Gasteiger partial charge in [0.1, 0.15) is 0 Å². The molecule has 0 spiro atoms. The molecule has 1 atom stereocenters. The van der Waals surface area contributed by atoms with E-state index in [1.165, 1.54) is 36.9 Å². The Morgan fingerprint density at radius 1 is 0.794 bits per heavy atom. The minimum absolute atomic E-state index is 0.0742. The highest BCUT2D eigenvalue weighted by atomic mass is 16.2. The number of hydrogen-bond donors (Lipinski definition) is 0. The van der Waals surface area contributed by atoms with Gasteiger partial charge in [-0.05, 0) is 72.2 Å². The fourth-order valence-electron chi connectivity index (χ4n) is 5.68. The van der Waals surface area contributed by atoms with Crippen molar-refractivity contribution in [2.24, 2.45) is 0 Å². The Balaban J connectivity index is 1.25. The third kappa shape index (κ3) is 4.63. The summed E-state index contributed by atoms with van der Waals surface area (Å²) in [5.74, 6) is 0.238. The smallest absolute Gasteiger partial charge is 0.254 e. The summed E-state index contributed by atoms with van der Waals surface area (Å²) >= 11 is 0. The molecule has 0 aromatic heterocycles. The maximum absolute atomic E-state index is 13.3. The first kappa shape index (κ1) is 23.1. The average molecular weight is 460 g/mol. The van der Waals surface area contributed by atoms with Gasteiger partial charge in [0, 0.05) is 49.9 Å². The number of benzene rings is 2. The lowest BCUT2D eigenvalue weighted by molar-refractivity contribution is 0.0372. The van der Waals surface area contributed by atoms with E-state index in [-0.39, 0.29) is 17.2 Å². The second kappa shape index (κ2) is 9.18. The maximum atomic E-state index is 13.3. The molecule has 2 aromatic rings. The van der Waals surface area contributed by atoms with Crippen molar-refractivity contribution < 1.29 is 9.59 Å². The fourth-order valence-corrected chi connectivity index (χ4v) is 5.68. The van der Waals surface area contributed by atoms with Gasteiger partial charge < -0.3 is 9.80 Å². The predicted molar refractivity (Wildman–Crippen MR) is 135 cm³/mol. The zero-order valence-electron chi connectivity index (χ0n) is 20.8. The molecule has 3 aliphatic heterocycles. The number of carbonyl (C=O) groups is 2. The third-order valence-electron chi connectivity index (χ3n) is 7.88. The number of carbonyl (C=O) groups excluding carboxylic acids is 2. The molecule has 2 fully saturated rings. The highest BCUT2D eigenvalue weighted by molar-refractivity contribution is 5.95. The molecule has 3 heterocycles. The zero-order valence-corrected chi connectivity index (χ0v) is 20.8. The zero-order chi connectivity index (χ0) is 23.9. The lowest BCUT2D eigenvalue weighted by atomic mass is 9.86. The average Bonchev–Trinajstić information content (AvgIpc) is 2.86. The van der Waals surface area contributed by atoms with Crippen molar-refractivity contribution in [1.29, 1.82) is 0 Å². The second-order valence-electron chi connectivity index (χ2n) is 11.2. The summed E-state index contributed by atoms with van der Waals surface area (Å²) in [5, 5.41) is 0. The van der Waals surface area contributed by atoms with Gasteiger partial charge in [-0.3, -0.25) is 14.5 Å². The second-order valence-corrected chi connectivity index (χ2v) is 11.2. The number of piperazine rings is 1. The monoisotopic (exact) mass is 459 g/mol. The van der Waals surface area contributed by atoms with E-state index in [1.807, 2.05) is 28.0 Å². The largest absolute Gasteiger partial charge is 0.336 e. The molecule has 180 valence electrons. The van der Waals surface area contributed by atoms with E-state index in [0.29, 0.717) is 19.1 Å². The quantitative estimate of drug-likeness (QED) is 0.665. The minimum Gasteiger partial charge on any atom is -0.336 e. The number of rotatable bonds is 2. The summed E-state index contributed by atoms with van der Waals surface area (Å²) in [6, 6.07) is 14.7. The number of amides is 2. The van der Waals surface area contributed by atoms with E-state index in [4.69, 9.17) is 0 Å². The molecule has 2 saturated heterocycles. The molecule has 0 aliphatic carbocycles. The number of piperidine rings is 1. The standard InChI is InChI=1S/C29H37N3O2/c1-29(2,3)25-11-9-21(10-12-25)27(33)31-15-13-22-18-23(7-8-24(22)19-31)28(34)32-17-16-30-14-5-4-6-26(30)20-32/h7-12,18,26H,4-6,13-17,19-20H2,1-3H3. The molecular formula is C29H37N3O2. The van der Waals surface area contributed by atoms with Crippen LogP contribution in [0.25, 0.3) is 0 Å². The summed E-state index contributed by atoms with van der Waals surface area (Å²) < 4.78 is 0. The highest BCUT2D eigenvalue weighted by Gasteiger charge is 2.32. The Kier molecular flexibility index (Phi) is 6.24. The summed E-state index contributed by atoms with van der Waals surface area (Å²) in [6.07, 6.45) is 4.56. The van der Waals surface area contributed by atoms with E-state index in [0.717, 1.165) is 42.7 Å². The van der Waals surface area contributed by atoms with Crippen LogP contribution in [0.3, 0.4) is 0 Å². The Bertz CT molecular complexity index is 1070. The molecule has 0 radical (unpaired) electrons. The van der Waals surface area contributed by atoms with Crippen molar-refractivity contribution in [2.45, 2.75) is 64.5 Å². The van der Waals surface area contributed by atoms with E-state index in [2.05, 4.69) is 49.9 Å². The molecule has 3 aliphatic rings. The lowest BCUT2D eigenvalue weighted by Gasteiger charge is -2.44. The molecule has 2 aromatic carbocycles. The SMILES string of the molecule is CC(C)(C)c1ccc(C(=O)N2CCc3cc(C(=O)N4CCN5CCCCC5C4)ccc3C2)cc1. The van der Waals surface area contributed by atoms with Crippen LogP contribution in [-0.4, -0.2) is 65.3 Å². The van der Waals surface area contributed by atoms with Gasteiger partial charge >= 0.3 is 0 Å². The number of fused-ring (bicyclic) bond motifs is 2. The van der Waals surface area contributed by atoms with Gasteiger partial charge in [-0.25, -0.2) is 0 Å². The van der Waals surface area contributed by atoms with Crippen LogP contribution in [0.2, 0.25) is 0 Å². The first-order chi connectivity index (χ1) is 16.3. The molecule has 5 nitrogen and oxygen atoms in total. The minimum atomic E-state index is 0.0742. The fraction of sp³-hybridized carbons (Fsp3) is 0.517. The third-order valence-corrected chi connectivity index (χ3v) is 7.88. The molecule has 0 saturated carbocycles. The highest BCUT2D eigenvalue weighted by Crippen LogP contribution is 2.26. The summed E-state index contributed by atoms with van der Waals surface area (Å²) in [6.45, 7) is 11.7. The van der Waals surface area contributed by atoms with E-state index < -0.39 is 0 Å². The van der Waals surface area contributed by atoms with E-state index in [9.17, 15) is 9.59 Å². The summed E-state index contributed by atoms with van der Waals surface area (Å²) in [4.78, 5) is 32.9. The molecular weight excluding hydrogens is 422 g/mol. The van der Waals surface area contributed by atoms with Crippen LogP contribution in [0.4, 0.5) is 0 Å². The van der Waals surface area contributed by atoms with Gasteiger partial charge in [-0.15, -0.1) is 0 Å². The summed E-state index contributed by atoms with van der Waals surface area (Å²) in [7, 11) is 0. The van der Waals surface area contributed by atoms with Crippen molar-refractivity contribution in [3.05, 3.63) is 70.3 Å².